The van der Waals surface area contributed by atoms with E-state index in [4.69, 9.17) is 4.74 Å². The van der Waals surface area contributed by atoms with Gasteiger partial charge in [0.2, 0.25) is 5.91 Å². The standard InChI is InChI=1S/C27H31N3O3/c1-27(2)14-20-25(22(31)15-27)26(18-8-4-7-11-23(18)33-3)30(16-24(32)28-17-12-13-17)21-10-6-5-9-19(21)29-20/h4-11,17,26,29H,12-16H2,1-3H3,(H,28,32). The lowest BCUT2D eigenvalue weighted by Gasteiger charge is -2.38. The summed E-state index contributed by atoms with van der Waals surface area (Å²) >= 11 is 0. The van der Waals surface area contributed by atoms with Gasteiger partial charge >= 0.3 is 0 Å². The van der Waals surface area contributed by atoms with Gasteiger partial charge in [-0.3, -0.25) is 9.59 Å². The molecule has 1 unspecified atom stereocenters. The predicted octanol–water partition coefficient (Wildman–Crippen LogP) is 4.59. The normalized spacial score (nSPS) is 21.5. The summed E-state index contributed by atoms with van der Waals surface area (Å²) in [7, 11) is 1.65. The van der Waals surface area contributed by atoms with E-state index in [-0.39, 0.29) is 29.7 Å². The van der Waals surface area contributed by atoms with E-state index < -0.39 is 6.04 Å². The number of ether oxygens (including phenoxy) is 1. The Labute approximate surface area is 195 Å². The second-order valence-corrected chi connectivity index (χ2v) is 10.1. The van der Waals surface area contributed by atoms with Gasteiger partial charge in [-0.15, -0.1) is 0 Å². The van der Waals surface area contributed by atoms with Crippen LogP contribution in [0.3, 0.4) is 0 Å². The molecule has 1 heterocycles. The van der Waals surface area contributed by atoms with Gasteiger partial charge in [-0.25, -0.2) is 0 Å². The molecule has 172 valence electrons. The largest absolute Gasteiger partial charge is 0.496 e. The number of nitrogens with one attached hydrogen (secondary N) is 2. The molecule has 5 rings (SSSR count). The van der Waals surface area contributed by atoms with E-state index in [0.29, 0.717) is 12.2 Å². The fourth-order valence-electron chi connectivity index (χ4n) is 5.10. The van der Waals surface area contributed by atoms with E-state index in [0.717, 1.165) is 47.5 Å². The minimum atomic E-state index is -0.430. The molecule has 1 aliphatic heterocycles. The Balaban J connectivity index is 1.71. The zero-order chi connectivity index (χ0) is 23.2. The quantitative estimate of drug-likeness (QED) is 0.704. The number of fused-ring (bicyclic) bond motifs is 1. The number of Topliss-reactive ketones (excluding diaryl/α,β-unsaturated/α-hetero) is 1. The topological polar surface area (TPSA) is 70.7 Å². The number of carbonyl (C=O) groups excluding carboxylic acids is 2. The fourth-order valence-corrected chi connectivity index (χ4v) is 5.10. The van der Waals surface area contributed by atoms with Crippen LogP contribution in [0, 0.1) is 5.41 Å². The van der Waals surface area contributed by atoms with Crippen LogP contribution in [0.15, 0.2) is 59.8 Å². The third-order valence-electron chi connectivity index (χ3n) is 6.69. The molecule has 1 atom stereocenters. The highest BCUT2D eigenvalue weighted by molar-refractivity contribution is 6.02. The summed E-state index contributed by atoms with van der Waals surface area (Å²) in [5.41, 5.74) is 4.23. The van der Waals surface area contributed by atoms with Crippen molar-refractivity contribution in [2.45, 2.75) is 51.6 Å². The number of methoxy groups -OCH3 is 1. The molecule has 0 radical (unpaired) electrons. The van der Waals surface area contributed by atoms with Crippen molar-refractivity contribution < 1.29 is 14.3 Å². The van der Waals surface area contributed by atoms with Crippen molar-refractivity contribution in [1.82, 2.24) is 5.32 Å². The number of para-hydroxylation sites is 3. The smallest absolute Gasteiger partial charge is 0.239 e. The Morgan fingerprint density at radius 1 is 1.12 bits per heavy atom. The maximum atomic E-state index is 13.7. The number of allylic oxidation sites excluding steroid dienone is 1. The molecule has 3 aliphatic rings. The number of nitrogens with zero attached hydrogens (tertiary/aromatic N) is 1. The van der Waals surface area contributed by atoms with E-state index in [1.807, 2.05) is 48.5 Å². The molecule has 1 amide bonds. The third-order valence-corrected chi connectivity index (χ3v) is 6.69. The predicted molar refractivity (Wildman–Crippen MR) is 129 cm³/mol. The summed E-state index contributed by atoms with van der Waals surface area (Å²) in [5, 5.41) is 6.70. The first-order valence-electron chi connectivity index (χ1n) is 11.7. The zero-order valence-corrected chi connectivity index (χ0v) is 19.5. The van der Waals surface area contributed by atoms with Gasteiger partial charge in [-0.1, -0.05) is 44.2 Å². The fraction of sp³-hybridized carbons (Fsp3) is 0.407. The summed E-state index contributed by atoms with van der Waals surface area (Å²) in [4.78, 5) is 28.8. The molecule has 6 nitrogen and oxygen atoms in total. The molecule has 0 saturated heterocycles. The van der Waals surface area contributed by atoms with E-state index >= 15 is 0 Å². The highest BCUT2D eigenvalue weighted by Gasteiger charge is 2.42. The van der Waals surface area contributed by atoms with Crippen LogP contribution in [0.2, 0.25) is 0 Å². The molecule has 0 bridgehead atoms. The van der Waals surface area contributed by atoms with Gasteiger partial charge in [0, 0.05) is 29.3 Å². The number of carbonyl (C=O) groups is 2. The maximum absolute atomic E-state index is 13.7. The van der Waals surface area contributed by atoms with Gasteiger partial charge in [0.15, 0.2) is 5.78 Å². The van der Waals surface area contributed by atoms with Crippen LogP contribution >= 0.6 is 0 Å². The van der Waals surface area contributed by atoms with E-state index in [1.165, 1.54) is 0 Å². The maximum Gasteiger partial charge on any atom is 0.239 e. The van der Waals surface area contributed by atoms with Crippen molar-refractivity contribution in [2.75, 3.05) is 23.9 Å². The van der Waals surface area contributed by atoms with Gasteiger partial charge in [-0.05, 0) is 42.9 Å². The Bertz CT molecular complexity index is 1130. The lowest BCUT2D eigenvalue weighted by Crippen LogP contribution is -2.42. The van der Waals surface area contributed by atoms with E-state index in [1.54, 1.807) is 7.11 Å². The van der Waals surface area contributed by atoms with Gasteiger partial charge in [0.05, 0.1) is 31.1 Å². The number of anilines is 2. The molecule has 1 fully saturated rings. The van der Waals surface area contributed by atoms with Crippen LogP contribution < -0.4 is 20.3 Å². The molecule has 33 heavy (non-hydrogen) atoms. The highest BCUT2D eigenvalue weighted by Crippen LogP contribution is 2.49. The summed E-state index contributed by atoms with van der Waals surface area (Å²) in [5.74, 6) is 0.795. The lowest BCUT2D eigenvalue weighted by molar-refractivity contribution is -0.120. The van der Waals surface area contributed by atoms with Gasteiger partial charge in [-0.2, -0.15) is 0 Å². The first-order chi connectivity index (χ1) is 15.9. The van der Waals surface area contributed by atoms with Crippen molar-refractivity contribution in [3.8, 4) is 5.75 Å². The molecule has 0 aromatic heterocycles. The van der Waals surface area contributed by atoms with Gasteiger partial charge in [0.25, 0.3) is 0 Å². The Hall–Kier alpha value is -3.28. The van der Waals surface area contributed by atoms with Crippen LogP contribution in [0.4, 0.5) is 11.4 Å². The number of hydrogen-bond donors (Lipinski definition) is 2. The molecule has 0 spiro atoms. The monoisotopic (exact) mass is 445 g/mol. The molecule has 2 aliphatic carbocycles. The Morgan fingerprint density at radius 3 is 2.61 bits per heavy atom. The molecular weight excluding hydrogens is 414 g/mol. The van der Waals surface area contributed by atoms with Gasteiger partial charge < -0.3 is 20.3 Å². The van der Waals surface area contributed by atoms with E-state index in [2.05, 4.69) is 29.4 Å². The zero-order valence-electron chi connectivity index (χ0n) is 19.5. The molecule has 2 aromatic rings. The lowest BCUT2D eigenvalue weighted by atomic mass is 9.73. The summed E-state index contributed by atoms with van der Waals surface area (Å²) in [6, 6.07) is 15.6. The van der Waals surface area contributed by atoms with Crippen molar-refractivity contribution >= 4 is 23.1 Å². The second kappa shape index (κ2) is 8.25. The first kappa shape index (κ1) is 21.6. The van der Waals surface area contributed by atoms with Crippen LogP contribution in [-0.2, 0) is 9.59 Å². The molecule has 6 heteroatoms. The van der Waals surface area contributed by atoms with E-state index in [9.17, 15) is 9.59 Å². The SMILES string of the molecule is COc1ccccc1C1C2=C(CC(C)(C)CC2=O)Nc2ccccc2N1CC(=O)NC1CC1. The van der Waals surface area contributed by atoms with Crippen molar-refractivity contribution in [3.05, 3.63) is 65.4 Å². The number of rotatable bonds is 5. The highest BCUT2D eigenvalue weighted by atomic mass is 16.5. The van der Waals surface area contributed by atoms with Crippen LogP contribution in [-0.4, -0.2) is 31.4 Å². The number of ketones is 1. The van der Waals surface area contributed by atoms with Crippen LogP contribution in [0.1, 0.15) is 51.1 Å². The van der Waals surface area contributed by atoms with Crippen molar-refractivity contribution in [1.29, 1.82) is 0 Å². The van der Waals surface area contributed by atoms with Crippen molar-refractivity contribution in [2.24, 2.45) is 5.41 Å². The van der Waals surface area contributed by atoms with Crippen molar-refractivity contribution in [3.63, 3.8) is 0 Å². The van der Waals surface area contributed by atoms with Crippen LogP contribution in [0.25, 0.3) is 0 Å². The second-order valence-electron chi connectivity index (χ2n) is 10.1. The molecule has 2 aromatic carbocycles. The third kappa shape index (κ3) is 4.22. The minimum Gasteiger partial charge on any atom is -0.496 e. The average Bonchev–Trinajstić information content (AvgIpc) is 3.59. The first-order valence-corrected chi connectivity index (χ1v) is 11.7. The number of hydrogen-bond acceptors (Lipinski definition) is 5. The number of amides is 1. The summed E-state index contributed by atoms with van der Waals surface area (Å²) in [6.07, 6.45) is 3.29. The van der Waals surface area contributed by atoms with Gasteiger partial charge in [0.1, 0.15) is 5.75 Å². The average molecular weight is 446 g/mol. The summed E-state index contributed by atoms with van der Waals surface area (Å²) in [6.45, 7) is 4.42. The Morgan fingerprint density at radius 2 is 1.85 bits per heavy atom. The summed E-state index contributed by atoms with van der Waals surface area (Å²) < 4.78 is 5.73. The molecule has 2 N–H and O–H groups in total. The molecule has 1 saturated carbocycles. The number of benzene rings is 2. The Kier molecular flexibility index (Phi) is 5.39. The minimum absolute atomic E-state index is 0.0279. The van der Waals surface area contributed by atoms with Crippen LogP contribution in [0.5, 0.6) is 5.75 Å². The molecular formula is C27H31N3O3.